The van der Waals surface area contributed by atoms with Gasteiger partial charge >= 0.3 is 11.8 Å². The maximum atomic E-state index is 12.3. The van der Waals surface area contributed by atoms with Gasteiger partial charge in [0.15, 0.2) is 0 Å². The molecule has 0 radical (unpaired) electrons. The molecule has 0 amide bonds. The van der Waals surface area contributed by atoms with Gasteiger partial charge in [-0.05, 0) is 18.2 Å². The number of alkyl halides is 3. The van der Waals surface area contributed by atoms with Crippen molar-refractivity contribution in [2.24, 2.45) is 0 Å². The molecule has 4 nitrogen and oxygen atoms in total. The van der Waals surface area contributed by atoms with Crippen LogP contribution in [0.4, 0.5) is 13.2 Å². The lowest BCUT2D eigenvalue weighted by atomic mass is 10.1. The highest BCUT2D eigenvalue weighted by Crippen LogP contribution is 2.24. The number of hydrogen-bond donors (Lipinski definition) is 0. The Bertz CT molecular complexity index is 700. The summed E-state index contributed by atoms with van der Waals surface area (Å²) in [4.78, 5) is 22.4. The second-order valence-electron chi connectivity index (χ2n) is 3.68. The van der Waals surface area contributed by atoms with Gasteiger partial charge < -0.3 is 9.15 Å². The number of carbonyl (C=O) groups is 1. The molecule has 0 aliphatic heterocycles. The molecule has 0 atom stereocenters. The van der Waals surface area contributed by atoms with Gasteiger partial charge in [0.25, 0.3) is 5.78 Å². The zero-order chi connectivity index (χ0) is 14.2. The number of rotatable bonds is 2. The Morgan fingerprint density at radius 3 is 2.53 bits per heavy atom. The lowest BCUT2D eigenvalue weighted by Gasteiger charge is -2.05. The van der Waals surface area contributed by atoms with E-state index in [0.717, 1.165) is 6.07 Å². The normalized spacial score (nSPS) is 11.6. The van der Waals surface area contributed by atoms with Crippen LogP contribution in [0.2, 0.25) is 0 Å². The minimum atomic E-state index is -5.12. The van der Waals surface area contributed by atoms with E-state index in [0.29, 0.717) is 5.75 Å². The molecule has 1 aromatic carbocycles. The number of hydrogen-bond acceptors (Lipinski definition) is 4. The molecular formula is C12H7F3O4. The molecule has 2 rings (SSSR count). The number of halogens is 3. The van der Waals surface area contributed by atoms with Gasteiger partial charge in [0.2, 0.25) is 0 Å². The van der Waals surface area contributed by atoms with Crippen LogP contribution in [0, 0.1) is 0 Å². The average Bonchev–Trinajstić information content (AvgIpc) is 2.35. The Morgan fingerprint density at radius 2 is 1.95 bits per heavy atom. The fourth-order valence-corrected chi connectivity index (χ4v) is 1.53. The van der Waals surface area contributed by atoms with Crippen LogP contribution in [0.1, 0.15) is 10.4 Å². The smallest absolute Gasteiger partial charge is 0.455 e. The first-order chi connectivity index (χ1) is 8.82. The molecule has 1 heterocycles. The van der Waals surface area contributed by atoms with E-state index < -0.39 is 23.1 Å². The van der Waals surface area contributed by atoms with Crippen LogP contribution in [0.5, 0.6) is 5.75 Å². The molecule has 0 aliphatic carbocycles. The van der Waals surface area contributed by atoms with Gasteiger partial charge in [-0.1, -0.05) is 0 Å². The van der Waals surface area contributed by atoms with Gasteiger partial charge in [-0.2, -0.15) is 13.2 Å². The molecule has 0 aliphatic rings. The minimum Gasteiger partial charge on any atom is -0.497 e. The third-order valence-corrected chi connectivity index (χ3v) is 2.45. The standard InChI is InChI=1S/C12H7F3O4/c1-18-7-3-2-6-4-8(10(16)12(13,14)15)11(17)19-9(6)5-7/h2-5H,1H3. The zero-order valence-electron chi connectivity index (χ0n) is 9.58. The molecule has 0 bridgehead atoms. The van der Waals surface area contributed by atoms with E-state index in [9.17, 15) is 22.8 Å². The molecule has 0 saturated carbocycles. The van der Waals surface area contributed by atoms with Crippen LogP contribution in [-0.2, 0) is 0 Å². The zero-order valence-corrected chi connectivity index (χ0v) is 9.58. The third kappa shape index (κ3) is 2.44. The topological polar surface area (TPSA) is 56.5 Å². The molecule has 0 N–H and O–H groups in total. The molecule has 0 spiro atoms. The number of Topliss-reactive ketones (excluding diaryl/α,β-unsaturated/α-hetero) is 1. The summed E-state index contributed by atoms with van der Waals surface area (Å²) in [5.74, 6) is -1.84. The molecule has 0 saturated heterocycles. The maximum absolute atomic E-state index is 12.3. The summed E-state index contributed by atoms with van der Waals surface area (Å²) >= 11 is 0. The van der Waals surface area contributed by atoms with E-state index in [4.69, 9.17) is 9.15 Å². The van der Waals surface area contributed by atoms with Gasteiger partial charge in [0.05, 0.1) is 7.11 Å². The summed E-state index contributed by atoms with van der Waals surface area (Å²) < 4.78 is 46.4. The fourth-order valence-electron chi connectivity index (χ4n) is 1.53. The molecule has 19 heavy (non-hydrogen) atoms. The van der Waals surface area contributed by atoms with Crippen LogP contribution in [-0.4, -0.2) is 19.1 Å². The number of ether oxygens (including phenoxy) is 1. The van der Waals surface area contributed by atoms with Crippen molar-refractivity contribution in [2.75, 3.05) is 7.11 Å². The molecular weight excluding hydrogens is 265 g/mol. The quantitative estimate of drug-likeness (QED) is 0.622. The second-order valence-corrected chi connectivity index (χ2v) is 3.68. The lowest BCUT2D eigenvalue weighted by Crippen LogP contribution is -2.27. The van der Waals surface area contributed by atoms with Gasteiger partial charge in [-0.25, -0.2) is 4.79 Å². The summed E-state index contributed by atoms with van der Waals surface area (Å²) in [6.45, 7) is 0. The Morgan fingerprint density at radius 1 is 1.26 bits per heavy atom. The van der Waals surface area contributed by atoms with Crippen LogP contribution in [0.3, 0.4) is 0 Å². The van der Waals surface area contributed by atoms with Crippen molar-refractivity contribution in [3.8, 4) is 5.75 Å². The summed E-state index contributed by atoms with van der Waals surface area (Å²) in [7, 11) is 1.39. The Hall–Kier alpha value is -2.31. The maximum Gasteiger partial charge on any atom is 0.455 e. The first kappa shape index (κ1) is 13.1. The molecule has 100 valence electrons. The predicted octanol–water partition coefficient (Wildman–Crippen LogP) is 2.55. The number of fused-ring (bicyclic) bond motifs is 1. The number of benzene rings is 1. The first-order valence-corrected chi connectivity index (χ1v) is 5.06. The Balaban J connectivity index is 2.64. The van der Waals surface area contributed by atoms with Gasteiger partial charge in [0.1, 0.15) is 16.9 Å². The van der Waals surface area contributed by atoms with E-state index in [-0.39, 0.29) is 11.0 Å². The predicted molar refractivity (Wildman–Crippen MR) is 59.4 cm³/mol. The molecule has 0 unspecified atom stereocenters. The van der Waals surface area contributed by atoms with Crippen LogP contribution in [0.15, 0.2) is 33.5 Å². The van der Waals surface area contributed by atoms with E-state index in [1.54, 1.807) is 0 Å². The highest BCUT2D eigenvalue weighted by atomic mass is 19.4. The van der Waals surface area contributed by atoms with E-state index in [2.05, 4.69) is 0 Å². The molecule has 2 aromatic rings. The van der Waals surface area contributed by atoms with Gasteiger partial charge in [-0.15, -0.1) is 0 Å². The van der Waals surface area contributed by atoms with Crippen LogP contribution in [0.25, 0.3) is 11.0 Å². The van der Waals surface area contributed by atoms with Crippen LogP contribution >= 0.6 is 0 Å². The summed E-state index contributed by atoms with van der Waals surface area (Å²) in [5.41, 5.74) is -2.32. The van der Waals surface area contributed by atoms with Crippen molar-refractivity contribution in [1.29, 1.82) is 0 Å². The Labute approximate surface area is 104 Å². The summed E-state index contributed by atoms with van der Waals surface area (Å²) in [5, 5.41) is 0.202. The van der Waals surface area contributed by atoms with E-state index >= 15 is 0 Å². The van der Waals surface area contributed by atoms with Gasteiger partial charge in [-0.3, -0.25) is 4.79 Å². The van der Waals surface area contributed by atoms with Crippen molar-refractivity contribution in [1.82, 2.24) is 0 Å². The second kappa shape index (κ2) is 4.42. The number of ketones is 1. The average molecular weight is 272 g/mol. The number of carbonyl (C=O) groups excluding carboxylic acids is 1. The number of methoxy groups -OCH3 is 1. The molecule has 0 fully saturated rings. The highest BCUT2D eigenvalue weighted by molar-refractivity contribution is 6.01. The molecule has 7 heteroatoms. The Kier molecular flexibility index (Phi) is 3.05. The SMILES string of the molecule is COc1ccc2cc(C(=O)C(F)(F)F)c(=O)oc2c1. The van der Waals surface area contributed by atoms with E-state index in [1.165, 1.54) is 25.3 Å². The highest BCUT2D eigenvalue weighted by Gasteiger charge is 2.41. The van der Waals surface area contributed by atoms with Crippen molar-refractivity contribution < 1.29 is 27.1 Å². The van der Waals surface area contributed by atoms with E-state index in [1.807, 2.05) is 0 Å². The largest absolute Gasteiger partial charge is 0.497 e. The first-order valence-electron chi connectivity index (χ1n) is 5.06. The third-order valence-electron chi connectivity index (χ3n) is 2.45. The van der Waals surface area contributed by atoms with Crippen molar-refractivity contribution >= 4 is 16.8 Å². The minimum absolute atomic E-state index is 0.0445. The fraction of sp³-hybridized carbons (Fsp3) is 0.167. The summed E-state index contributed by atoms with van der Waals surface area (Å²) in [6, 6.07) is 5.07. The van der Waals surface area contributed by atoms with Crippen molar-refractivity contribution in [3.63, 3.8) is 0 Å². The van der Waals surface area contributed by atoms with Gasteiger partial charge in [0, 0.05) is 11.5 Å². The monoisotopic (exact) mass is 272 g/mol. The van der Waals surface area contributed by atoms with Crippen molar-refractivity contribution in [3.05, 3.63) is 40.2 Å². The molecule has 1 aromatic heterocycles. The van der Waals surface area contributed by atoms with Crippen LogP contribution < -0.4 is 10.4 Å². The lowest BCUT2D eigenvalue weighted by molar-refractivity contribution is -0.0887. The van der Waals surface area contributed by atoms with Crippen molar-refractivity contribution in [2.45, 2.75) is 6.18 Å². The summed E-state index contributed by atoms with van der Waals surface area (Å²) in [6.07, 6.45) is -5.12.